The minimum absolute atomic E-state index is 0.196. The zero-order valence-electron chi connectivity index (χ0n) is 11.7. The van der Waals surface area contributed by atoms with Gasteiger partial charge in [-0.05, 0) is 25.1 Å². The highest BCUT2D eigenvalue weighted by Crippen LogP contribution is 2.30. The third-order valence-electron chi connectivity index (χ3n) is 3.37. The van der Waals surface area contributed by atoms with Crippen LogP contribution in [0.1, 0.15) is 11.3 Å². The summed E-state index contributed by atoms with van der Waals surface area (Å²) in [6, 6.07) is 6.65. The summed E-state index contributed by atoms with van der Waals surface area (Å²) in [4.78, 5) is 19.0. The lowest BCUT2D eigenvalue weighted by Crippen LogP contribution is -2.05. The largest absolute Gasteiger partial charge is 0.464 e. The highest BCUT2D eigenvalue weighted by molar-refractivity contribution is 5.92. The van der Waals surface area contributed by atoms with E-state index >= 15 is 0 Å². The van der Waals surface area contributed by atoms with E-state index < -0.39 is 6.09 Å². The minimum Gasteiger partial charge on any atom is -0.464 e. The van der Waals surface area contributed by atoms with Crippen LogP contribution < -0.4 is 4.74 Å². The fourth-order valence-corrected chi connectivity index (χ4v) is 2.25. The number of rotatable bonds is 3. The Labute approximate surface area is 125 Å². The van der Waals surface area contributed by atoms with Crippen molar-refractivity contribution in [3.63, 3.8) is 0 Å². The van der Waals surface area contributed by atoms with Crippen molar-refractivity contribution >= 4 is 17.0 Å². The Morgan fingerprint density at radius 2 is 2.14 bits per heavy atom. The van der Waals surface area contributed by atoms with Gasteiger partial charge in [-0.1, -0.05) is 0 Å². The SMILES string of the molecule is Cc1c(Oc2cc(CO)ncn2)ccc2c1ccn2C(=O)O. The predicted octanol–water partition coefficient (Wildman–Crippen LogP) is 2.55. The fraction of sp³-hybridized carbons (Fsp3) is 0.133. The second-order valence-electron chi connectivity index (χ2n) is 4.70. The van der Waals surface area contributed by atoms with Crippen molar-refractivity contribution < 1.29 is 19.7 Å². The summed E-state index contributed by atoms with van der Waals surface area (Å²) in [6.07, 6.45) is 1.78. The molecule has 0 atom stereocenters. The van der Waals surface area contributed by atoms with E-state index in [2.05, 4.69) is 9.97 Å². The standard InChI is InChI=1S/C15H13N3O4/c1-9-11-4-5-18(15(20)21)12(11)2-3-13(9)22-14-6-10(7-19)16-8-17-14/h2-6,8,19H,7H2,1H3,(H,20,21). The van der Waals surface area contributed by atoms with Crippen molar-refractivity contribution in [2.75, 3.05) is 0 Å². The molecule has 0 fully saturated rings. The van der Waals surface area contributed by atoms with E-state index in [4.69, 9.17) is 14.9 Å². The van der Waals surface area contributed by atoms with Gasteiger partial charge in [-0.25, -0.2) is 14.8 Å². The predicted molar refractivity (Wildman–Crippen MR) is 78.1 cm³/mol. The number of aryl methyl sites for hydroxylation is 1. The molecule has 0 aliphatic carbocycles. The van der Waals surface area contributed by atoms with E-state index in [1.807, 2.05) is 6.92 Å². The molecule has 0 saturated carbocycles. The molecular formula is C15H13N3O4. The third kappa shape index (κ3) is 2.38. The molecule has 0 unspecified atom stereocenters. The van der Waals surface area contributed by atoms with Crippen LogP contribution in [-0.4, -0.2) is 30.8 Å². The smallest absolute Gasteiger partial charge is 0.415 e. The molecule has 3 aromatic rings. The zero-order chi connectivity index (χ0) is 15.7. The normalized spacial score (nSPS) is 10.8. The maximum Gasteiger partial charge on any atom is 0.415 e. The van der Waals surface area contributed by atoms with Gasteiger partial charge in [0.15, 0.2) is 0 Å². The number of aliphatic hydroxyl groups is 1. The van der Waals surface area contributed by atoms with Gasteiger partial charge in [0, 0.05) is 23.2 Å². The number of ether oxygens (including phenoxy) is 1. The van der Waals surface area contributed by atoms with Gasteiger partial charge in [0.1, 0.15) is 12.1 Å². The average molecular weight is 299 g/mol. The van der Waals surface area contributed by atoms with Gasteiger partial charge in [0.25, 0.3) is 0 Å². The molecule has 0 saturated heterocycles. The van der Waals surface area contributed by atoms with Crippen molar-refractivity contribution in [3.8, 4) is 11.6 Å². The Kier molecular flexibility index (Phi) is 3.48. The van der Waals surface area contributed by atoms with Gasteiger partial charge in [0.05, 0.1) is 17.8 Å². The van der Waals surface area contributed by atoms with Gasteiger partial charge in [-0.2, -0.15) is 0 Å². The van der Waals surface area contributed by atoms with Crippen LogP contribution in [0.25, 0.3) is 10.9 Å². The minimum atomic E-state index is -1.04. The van der Waals surface area contributed by atoms with E-state index in [-0.39, 0.29) is 6.61 Å². The molecule has 0 bridgehead atoms. The summed E-state index contributed by atoms with van der Waals surface area (Å²) in [6.45, 7) is 1.65. The Morgan fingerprint density at radius 1 is 1.32 bits per heavy atom. The number of carboxylic acid groups (broad SMARTS) is 1. The van der Waals surface area contributed by atoms with E-state index in [1.165, 1.54) is 12.5 Å². The van der Waals surface area contributed by atoms with Crippen LogP contribution in [0.2, 0.25) is 0 Å². The highest BCUT2D eigenvalue weighted by atomic mass is 16.5. The average Bonchev–Trinajstić information content (AvgIpc) is 2.95. The number of fused-ring (bicyclic) bond motifs is 1. The van der Waals surface area contributed by atoms with E-state index in [1.54, 1.807) is 24.3 Å². The van der Waals surface area contributed by atoms with Gasteiger partial charge in [-0.15, -0.1) is 0 Å². The molecule has 22 heavy (non-hydrogen) atoms. The summed E-state index contributed by atoms with van der Waals surface area (Å²) >= 11 is 0. The number of aliphatic hydroxyl groups excluding tert-OH is 1. The lowest BCUT2D eigenvalue weighted by atomic mass is 10.1. The van der Waals surface area contributed by atoms with Crippen LogP contribution in [0, 0.1) is 6.92 Å². The van der Waals surface area contributed by atoms with Gasteiger partial charge in [-0.3, -0.25) is 4.57 Å². The molecule has 0 aliphatic heterocycles. The first-order valence-corrected chi connectivity index (χ1v) is 6.53. The van der Waals surface area contributed by atoms with E-state index in [0.717, 1.165) is 15.5 Å². The number of aromatic nitrogens is 3. The van der Waals surface area contributed by atoms with Gasteiger partial charge >= 0.3 is 6.09 Å². The van der Waals surface area contributed by atoms with Crippen molar-refractivity contribution in [3.05, 3.63) is 48.0 Å². The Bertz CT molecular complexity index is 857. The molecular weight excluding hydrogens is 286 g/mol. The van der Waals surface area contributed by atoms with Crippen LogP contribution in [0.15, 0.2) is 36.8 Å². The number of nitrogens with zero attached hydrogens (tertiary/aromatic N) is 3. The Balaban J connectivity index is 2.01. The first-order chi connectivity index (χ1) is 10.6. The molecule has 7 nitrogen and oxygen atoms in total. The molecule has 7 heteroatoms. The highest BCUT2D eigenvalue weighted by Gasteiger charge is 2.12. The third-order valence-corrected chi connectivity index (χ3v) is 3.37. The van der Waals surface area contributed by atoms with Crippen LogP contribution in [-0.2, 0) is 6.61 Å². The van der Waals surface area contributed by atoms with Gasteiger partial charge < -0.3 is 14.9 Å². The first kappa shape index (κ1) is 14.0. The Hall–Kier alpha value is -2.93. The molecule has 112 valence electrons. The van der Waals surface area contributed by atoms with Crippen LogP contribution >= 0.6 is 0 Å². The number of hydrogen-bond acceptors (Lipinski definition) is 5. The maximum atomic E-state index is 11.1. The fourth-order valence-electron chi connectivity index (χ4n) is 2.25. The lowest BCUT2D eigenvalue weighted by molar-refractivity contribution is 0.197. The Morgan fingerprint density at radius 3 is 2.86 bits per heavy atom. The van der Waals surface area contributed by atoms with Gasteiger partial charge in [0.2, 0.25) is 5.88 Å². The zero-order valence-corrected chi connectivity index (χ0v) is 11.7. The number of benzene rings is 1. The summed E-state index contributed by atoms with van der Waals surface area (Å²) in [5, 5.41) is 19.0. The molecule has 0 aliphatic rings. The molecule has 0 radical (unpaired) electrons. The van der Waals surface area contributed by atoms with E-state index in [9.17, 15) is 4.79 Å². The van der Waals surface area contributed by atoms with Crippen LogP contribution in [0.3, 0.4) is 0 Å². The molecule has 3 rings (SSSR count). The topological polar surface area (TPSA) is 97.5 Å². The molecule has 1 aromatic carbocycles. The van der Waals surface area contributed by atoms with Crippen molar-refractivity contribution in [2.24, 2.45) is 0 Å². The lowest BCUT2D eigenvalue weighted by Gasteiger charge is -2.09. The number of hydrogen-bond donors (Lipinski definition) is 2. The monoisotopic (exact) mass is 299 g/mol. The van der Waals surface area contributed by atoms with Crippen molar-refractivity contribution in [1.82, 2.24) is 14.5 Å². The molecule has 0 spiro atoms. The van der Waals surface area contributed by atoms with E-state index in [0.29, 0.717) is 22.8 Å². The van der Waals surface area contributed by atoms with Crippen LogP contribution in [0.5, 0.6) is 11.6 Å². The maximum absolute atomic E-state index is 11.1. The second kappa shape index (κ2) is 5.45. The molecule has 2 aromatic heterocycles. The number of carbonyl (C=O) groups is 1. The summed E-state index contributed by atoms with van der Waals surface area (Å²) < 4.78 is 6.86. The van der Waals surface area contributed by atoms with Crippen molar-refractivity contribution in [1.29, 1.82) is 0 Å². The summed E-state index contributed by atoms with van der Waals surface area (Å²) in [5.41, 5.74) is 1.86. The van der Waals surface area contributed by atoms with Crippen LogP contribution in [0.4, 0.5) is 4.79 Å². The summed E-state index contributed by atoms with van der Waals surface area (Å²) in [7, 11) is 0. The molecule has 2 heterocycles. The quantitative estimate of drug-likeness (QED) is 0.771. The second-order valence-corrected chi connectivity index (χ2v) is 4.70. The first-order valence-electron chi connectivity index (χ1n) is 6.53. The molecule has 0 amide bonds. The molecule has 2 N–H and O–H groups in total. The van der Waals surface area contributed by atoms with Crippen molar-refractivity contribution in [2.45, 2.75) is 13.5 Å². The summed E-state index contributed by atoms with van der Waals surface area (Å²) in [5.74, 6) is 0.886.